The molecule has 0 fully saturated rings. The van der Waals surface area contributed by atoms with Crippen LogP contribution < -0.4 is 4.90 Å². The summed E-state index contributed by atoms with van der Waals surface area (Å²) >= 11 is 0. The maximum Gasteiger partial charge on any atom is 0.284 e. The molecular weight excluding hydrogens is 416 g/mol. The number of aromatic hydroxyl groups is 1. The van der Waals surface area contributed by atoms with Gasteiger partial charge in [-0.1, -0.05) is 0 Å². The van der Waals surface area contributed by atoms with Gasteiger partial charge in [-0.05, 0) is 18.2 Å². The molecule has 1 heterocycles. The number of nitro groups is 3. The predicted octanol–water partition coefficient (Wildman–Crippen LogP) is 3.07. The number of benzene rings is 3. The van der Waals surface area contributed by atoms with Gasteiger partial charge in [0.1, 0.15) is 16.8 Å². The monoisotopic (exact) mass is 424 g/mol. The fourth-order valence-corrected chi connectivity index (χ4v) is 3.48. The number of amides is 2. The summed E-state index contributed by atoms with van der Waals surface area (Å²) in [5, 5.41) is 43.3. The van der Waals surface area contributed by atoms with Gasteiger partial charge in [-0.3, -0.25) is 39.9 Å². The van der Waals surface area contributed by atoms with E-state index in [0.717, 1.165) is 42.5 Å². The highest BCUT2D eigenvalue weighted by Crippen LogP contribution is 2.43. The second-order valence-electron chi connectivity index (χ2n) is 6.40. The first-order chi connectivity index (χ1) is 14.6. The molecule has 3 aromatic rings. The van der Waals surface area contributed by atoms with Crippen LogP contribution in [-0.4, -0.2) is 31.7 Å². The Morgan fingerprint density at radius 1 is 0.710 bits per heavy atom. The number of carbonyl (C=O) groups is 2. The van der Waals surface area contributed by atoms with Crippen LogP contribution in [0.4, 0.5) is 22.7 Å². The standard InChI is InChI=1S/C18H8N4O9/c23-14-6-1-8(20(26)27)7-13(14)19-17(24)9-2-4-11(21(28)29)16-12(22(30)31)5-3-10(15(9)16)18(19)25/h1-7,23H. The first kappa shape index (κ1) is 19.4. The van der Waals surface area contributed by atoms with Gasteiger partial charge >= 0.3 is 0 Å². The zero-order valence-electron chi connectivity index (χ0n) is 15.0. The minimum absolute atomic E-state index is 0.273. The summed E-state index contributed by atoms with van der Waals surface area (Å²) in [6, 6.07) is 6.59. The van der Waals surface area contributed by atoms with E-state index in [1.54, 1.807) is 0 Å². The Kier molecular flexibility index (Phi) is 4.09. The van der Waals surface area contributed by atoms with Gasteiger partial charge in [0.05, 0.1) is 14.8 Å². The van der Waals surface area contributed by atoms with Crippen molar-refractivity contribution in [2.75, 3.05) is 4.90 Å². The number of non-ortho nitro benzene ring substituents is 3. The van der Waals surface area contributed by atoms with Crippen molar-refractivity contribution in [1.29, 1.82) is 0 Å². The highest BCUT2D eigenvalue weighted by molar-refractivity contribution is 6.37. The largest absolute Gasteiger partial charge is 0.506 e. The van der Waals surface area contributed by atoms with Crippen LogP contribution in [0.2, 0.25) is 0 Å². The highest BCUT2D eigenvalue weighted by atomic mass is 16.6. The summed E-state index contributed by atoms with van der Waals surface area (Å²) in [5.41, 5.74) is -2.86. The summed E-state index contributed by atoms with van der Waals surface area (Å²) in [4.78, 5) is 58.1. The van der Waals surface area contributed by atoms with Crippen LogP contribution in [0, 0.1) is 30.3 Å². The number of phenols is 1. The SMILES string of the molecule is O=C1c2ccc([N+](=O)[O-])c3c([N+](=O)[O-])ccc(c23)C(=O)N1c1cc([N+](=O)[O-])ccc1O. The molecule has 1 N–H and O–H groups in total. The zero-order chi connectivity index (χ0) is 22.6. The van der Waals surface area contributed by atoms with E-state index >= 15 is 0 Å². The lowest BCUT2D eigenvalue weighted by molar-refractivity contribution is -0.390. The predicted molar refractivity (Wildman–Crippen MR) is 103 cm³/mol. The molecule has 0 atom stereocenters. The quantitative estimate of drug-likeness (QED) is 0.373. The number of rotatable bonds is 4. The van der Waals surface area contributed by atoms with Crippen LogP contribution in [0.3, 0.4) is 0 Å². The fraction of sp³-hybridized carbons (Fsp3) is 0. The van der Waals surface area contributed by atoms with Crippen molar-refractivity contribution in [3.8, 4) is 5.75 Å². The van der Waals surface area contributed by atoms with Gasteiger partial charge < -0.3 is 5.11 Å². The Labute approximate surface area is 170 Å². The highest BCUT2D eigenvalue weighted by Gasteiger charge is 2.39. The summed E-state index contributed by atoms with van der Waals surface area (Å²) in [6.45, 7) is 0. The molecule has 0 aliphatic carbocycles. The summed E-state index contributed by atoms with van der Waals surface area (Å²) in [7, 11) is 0. The van der Waals surface area contributed by atoms with Crippen molar-refractivity contribution >= 4 is 45.3 Å². The Balaban J connectivity index is 2.05. The van der Waals surface area contributed by atoms with Crippen LogP contribution in [0.5, 0.6) is 5.75 Å². The van der Waals surface area contributed by atoms with Crippen LogP contribution in [0.15, 0.2) is 42.5 Å². The van der Waals surface area contributed by atoms with Gasteiger partial charge in [-0.15, -0.1) is 0 Å². The third-order valence-electron chi connectivity index (χ3n) is 4.79. The maximum atomic E-state index is 13.1. The number of hydrogen-bond acceptors (Lipinski definition) is 9. The van der Waals surface area contributed by atoms with Gasteiger partial charge in [0.15, 0.2) is 0 Å². The Bertz CT molecular complexity index is 1310. The van der Waals surface area contributed by atoms with Crippen LogP contribution in [0.25, 0.3) is 10.8 Å². The molecule has 0 radical (unpaired) electrons. The van der Waals surface area contributed by atoms with Gasteiger partial charge in [0.25, 0.3) is 28.9 Å². The normalized spacial score (nSPS) is 12.8. The van der Waals surface area contributed by atoms with E-state index < -0.39 is 60.5 Å². The van der Waals surface area contributed by atoms with E-state index in [-0.39, 0.29) is 16.5 Å². The van der Waals surface area contributed by atoms with Crippen molar-refractivity contribution in [2.45, 2.75) is 0 Å². The summed E-state index contributed by atoms with van der Waals surface area (Å²) in [5.74, 6) is -2.72. The topological polar surface area (TPSA) is 187 Å². The number of phenolic OH excluding ortho intramolecular Hbond substituents is 1. The average molecular weight is 424 g/mol. The van der Waals surface area contributed by atoms with Crippen molar-refractivity contribution in [1.82, 2.24) is 0 Å². The lowest BCUT2D eigenvalue weighted by Gasteiger charge is -2.27. The summed E-state index contributed by atoms with van der Waals surface area (Å²) < 4.78 is 0. The second-order valence-corrected chi connectivity index (χ2v) is 6.40. The zero-order valence-corrected chi connectivity index (χ0v) is 15.0. The van der Waals surface area contributed by atoms with E-state index in [1.165, 1.54) is 0 Å². The van der Waals surface area contributed by atoms with E-state index in [0.29, 0.717) is 4.90 Å². The Morgan fingerprint density at radius 2 is 1.23 bits per heavy atom. The molecule has 3 aromatic carbocycles. The first-order valence-electron chi connectivity index (χ1n) is 8.38. The molecule has 0 bridgehead atoms. The van der Waals surface area contributed by atoms with E-state index in [9.17, 15) is 45.0 Å². The van der Waals surface area contributed by atoms with Crippen molar-refractivity contribution in [2.24, 2.45) is 0 Å². The summed E-state index contributed by atoms with van der Waals surface area (Å²) in [6.07, 6.45) is 0. The van der Waals surface area contributed by atoms with Crippen LogP contribution in [0.1, 0.15) is 20.7 Å². The number of nitro benzene ring substituents is 3. The molecule has 0 unspecified atom stereocenters. The Hall–Kier alpha value is -4.94. The number of nitrogens with zero attached hydrogens (tertiary/aromatic N) is 4. The van der Waals surface area contributed by atoms with Crippen LogP contribution >= 0.6 is 0 Å². The lowest BCUT2D eigenvalue weighted by Crippen LogP contribution is -2.40. The van der Waals surface area contributed by atoms with Crippen molar-refractivity contribution < 1.29 is 29.5 Å². The molecule has 1 aliphatic heterocycles. The fourth-order valence-electron chi connectivity index (χ4n) is 3.48. The number of imide groups is 1. The average Bonchev–Trinajstić information content (AvgIpc) is 2.72. The molecule has 1 aliphatic rings. The molecular formula is C18H8N4O9. The number of hydrogen-bond donors (Lipinski definition) is 1. The lowest BCUT2D eigenvalue weighted by atomic mass is 9.91. The molecule has 13 heteroatoms. The minimum Gasteiger partial charge on any atom is -0.506 e. The number of carbonyl (C=O) groups excluding carboxylic acids is 2. The molecule has 2 amide bonds. The molecule has 0 saturated carbocycles. The molecule has 0 saturated heterocycles. The molecule has 154 valence electrons. The maximum absolute atomic E-state index is 13.1. The molecule has 31 heavy (non-hydrogen) atoms. The molecule has 0 aromatic heterocycles. The van der Waals surface area contributed by atoms with Gasteiger partial charge in [-0.25, -0.2) is 4.90 Å². The molecule has 13 nitrogen and oxygen atoms in total. The molecule has 4 rings (SSSR count). The van der Waals surface area contributed by atoms with Crippen LogP contribution in [-0.2, 0) is 0 Å². The number of anilines is 1. The second kappa shape index (κ2) is 6.55. The Morgan fingerprint density at radius 3 is 1.68 bits per heavy atom. The minimum atomic E-state index is -1.06. The van der Waals surface area contributed by atoms with E-state index in [1.807, 2.05) is 0 Å². The van der Waals surface area contributed by atoms with Crippen molar-refractivity contribution in [3.05, 3.63) is 83.9 Å². The smallest absolute Gasteiger partial charge is 0.284 e. The third kappa shape index (κ3) is 2.71. The van der Waals surface area contributed by atoms with Crippen molar-refractivity contribution in [3.63, 3.8) is 0 Å². The van der Waals surface area contributed by atoms with Gasteiger partial charge in [0.2, 0.25) is 0 Å². The third-order valence-corrected chi connectivity index (χ3v) is 4.79. The van der Waals surface area contributed by atoms with Gasteiger partial charge in [0, 0.05) is 40.8 Å². The van der Waals surface area contributed by atoms with Gasteiger partial charge in [-0.2, -0.15) is 0 Å². The van der Waals surface area contributed by atoms with E-state index in [2.05, 4.69) is 0 Å². The first-order valence-corrected chi connectivity index (χ1v) is 8.38. The van der Waals surface area contributed by atoms with E-state index in [4.69, 9.17) is 0 Å². The molecule has 0 spiro atoms.